The van der Waals surface area contributed by atoms with Crippen molar-refractivity contribution in [3.8, 4) is 11.7 Å². The molecule has 3 N–H and O–H groups in total. The number of hydrogen-bond acceptors (Lipinski definition) is 7. The molecule has 29 heavy (non-hydrogen) atoms. The smallest absolute Gasteiger partial charge is 0.234 e. The van der Waals surface area contributed by atoms with Crippen molar-refractivity contribution in [3.63, 3.8) is 0 Å². The maximum absolute atomic E-state index is 13.1. The number of aromatic nitrogens is 6. The summed E-state index contributed by atoms with van der Waals surface area (Å²) in [4.78, 5) is 13.0. The molecule has 0 saturated heterocycles. The molecule has 0 saturated carbocycles. The van der Waals surface area contributed by atoms with E-state index in [2.05, 4.69) is 30.5 Å². The highest BCUT2D eigenvalue weighted by atomic mass is 19.1. The normalized spacial score (nSPS) is 12.4. The minimum atomic E-state index is -0.532. The van der Waals surface area contributed by atoms with Crippen LogP contribution in [0.15, 0.2) is 42.9 Å². The van der Waals surface area contributed by atoms with E-state index in [0.717, 1.165) is 6.20 Å². The van der Waals surface area contributed by atoms with Crippen LogP contribution in [-0.4, -0.2) is 47.5 Å². The molecule has 0 spiro atoms. The fourth-order valence-corrected chi connectivity index (χ4v) is 2.85. The Balaban J connectivity index is 1.62. The predicted octanol–water partition coefficient (Wildman–Crippen LogP) is 2.61. The van der Waals surface area contributed by atoms with Crippen LogP contribution in [0.1, 0.15) is 25.6 Å². The highest BCUT2D eigenvalue weighted by molar-refractivity contribution is 5.75. The number of pyridine rings is 2. The van der Waals surface area contributed by atoms with Gasteiger partial charge < -0.3 is 15.2 Å². The van der Waals surface area contributed by atoms with E-state index in [-0.39, 0.29) is 12.7 Å². The number of aliphatic hydroxyl groups excluding tert-OH is 1. The maximum atomic E-state index is 13.1. The van der Waals surface area contributed by atoms with Crippen molar-refractivity contribution in [2.75, 3.05) is 11.9 Å². The average Bonchev–Trinajstić information content (AvgIpc) is 3.32. The van der Waals surface area contributed by atoms with Gasteiger partial charge in [-0.2, -0.15) is 0 Å². The van der Waals surface area contributed by atoms with E-state index >= 15 is 0 Å². The van der Waals surface area contributed by atoms with Crippen LogP contribution in [0, 0.1) is 5.82 Å². The Kier molecular flexibility index (Phi) is 5.09. The van der Waals surface area contributed by atoms with Crippen molar-refractivity contribution in [1.29, 1.82) is 0 Å². The predicted molar refractivity (Wildman–Crippen MR) is 104 cm³/mol. The van der Waals surface area contributed by atoms with Crippen LogP contribution < -0.4 is 10.1 Å². The number of nitrogens with zero attached hydrogens (tertiary/aromatic N) is 5. The van der Waals surface area contributed by atoms with Gasteiger partial charge in [-0.25, -0.2) is 14.4 Å². The Labute approximate surface area is 165 Å². The van der Waals surface area contributed by atoms with Gasteiger partial charge in [-0.15, -0.1) is 5.10 Å². The third-order valence-electron chi connectivity index (χ3n) is 4.16. The van der Waals surface area contributed by atoms with Crippen molar-refractivity contribution >= 4 is 17.0 Å². The van der Waals surface area contributed by atoms with Crippen LogP contribution in [0.2, 0.25) is 0 Å². The number of imidazole rings is 1. The second-order valence-corrected chi connectivity index (χ2v) is 6.69. The molecule has 0 radical (unpaired) electrons. The largest absolute Gasteiger partial charge is 0.474 e. The standard InChI is InChI=1S/C19H20FN7O2/c1-11(2)29-18-7-17(25-26-18)27-10-22-14-5-6-16(24-19(14)27)23-15(9-28)13-4-3-12(20)8-21-13/h3-8,10-11,15,28H,9H2,1-2H3,(H,23,24)(H,25,26). The summed E-state index contributed by atoms with van der Waals surface area (Å²) < 4.78 is 20.5. The zero-order valence-electron chi connectivity index (χ0n) is 15.9. The van der Waals surface area contributed by atoms with Gasteiger partial charge in [-0.3, -0.25) is 14.6 Å². The minimum absolute atomic E-state index is 0.00935. The molecule has 0 fully saturated rings. The summed E-state index contributed by atoms with van der Waals surface area (Å²) in [6.07, 6.45) is 2.76. The topological polar surface area (TPSA) is 114 Å². The lowest BCUT2D eigenvalue weighted by Gasteiger charge is -2.16. The molecule has 0 aromatic carbocycles. The number of aromatic amines is 1. The summed E-state index contributed by atoms with van der Waals surface area (Å²) in [5.41, 5.74) is 1.80. The Morgan fingerprint density at radius 2 is 2.10 bits per heavy atom. The summed E-state index contributed by atoms with van der Waals surface area (Å²) in [6, 6.07) is 7.62. The van der Waals surface area contributed by atoms with Gasteiger partial charge in [0, 0.05) is 6.07 Å². The van der Waals surface area contributed by atoms with Crippen LogP contribution in [0.3, 0.4) is 0 Å². The molecule has 0 aliphatic rings. The maximum Gasteiger partial charge on any atom is 0.234 e. The fraction of sp³-hybridized carbons (Fsp3) is 0.263. The van der Waals surface area contributed by atoms with Gasteiger partial charge in [-0.05, 0) is 38.1 Å². The first-order chi connectivity index (χ1) is 14.0. The molecule has 4 aromatic heterocycles. The molecule has 150 valence electrons. The van der Waals surface area contributed by atoms with Gasteiger partial charge in [0.15, 0.2) is 5.65 Å². The third kappa shape index (κ3) is 4.02. The molecular formula is C19H20FN7O2. The van der Waals surface area contributed by atoms with Crippen LogP contribution in [-0.2, 0) is 0 Å². The van der Waals surface area contributed by atoms with Crippen molar-refractivity contribution in [3.05, 3.63) is 54.4 Å². The second-order valence-electron chi connectivity index (χ2n) is 6.69. The number of ether oxygens (including phenoxy) is 1. The van der Waals surface area contributed by atoms with Gasteiger partial charge in [0.1, 0.15) is 29.3 Å². The van der Waals surface area contributed by atoms with E-state index in [4.69, 9.17) is 4.74 Å². The zero-order valence-corrected chi connectivity index (χ0v) is 15.9. The SMILES string of the molecule is CC(C)Oc1cc(-n2cnc3ccc(NC(CO)c4ccc(F)cn4)nc32)[nH]n1. The summed E-state index contributed by atoms with van der Waals surface area (Å²) in [7, 11) is 0. The van der Waals surface area contributed by atoms with Crippen LogP contribution in [0.4, 0.5) is 10.2 Å². The van der Waals surface area contributed by atoms with Crippen LogP contribution >= 0.6 is 0 Å². The minimum Gasteiger partial charge on any atom is -0.474 e. The van der Waals surface area contributed by atoms with E-state index in [1.165, 1.54) is 12.1 Å². The molecule has 10 heteroatoms. The van der Waals surface area contributed by atoms with E-state index in [1.54, 1.807) is 23.0 Å². The highest BCUT2D eigenvalue weighted by Crippen LogP contribution is 2.22. The number of aliphatic hydroxyl groups is 1. The first-order valence-corrected chi connectivity index (χ1v) is 9.09. The first-order valence-electron chi connectivity index (χ1n) is 9.09. The molecule has 4 aromatic rings. The number of hydrogen-bond donors (Lipinski definition) is 3. The van der Waals surface area contributed by atoms with E-state index in [9.17, 15) is 9.50 Å². The number of halogens is 1. The van der Waals surface area contributed by atoms with Crippen LogP contribution in [0.25, 0.3) is 17.0 Å². The summed E-state index contributed by atoms with van der Waals surface area (Å²) in [6.45, 7) is 3.62. The third-order valence-corrected chi connectivity index (χ3v) is 4.16. The quantitative estimate of drug-likeness (QED) is 0.439. The molecule has 0 bridgehead atoms. The average molecular weight is 397 g/mol. The lowest BCUT2D eigenvalue weighted by atomic mass is 10.2. The van der Waals surface area contributed by atoms with Crippen LogP contribution in [0.5, 0.6) is 5.88 Å². The summed E-state index contributed by atoms with van der Waals surface area (Å²) in [5.74, 6) is 1.22. The number of anilines is 1. The number of rotatable bonds is 7. The number of H-pyrrole nitrogens is 1. The molecule has 1 atom stereocenters. The van der Waals surface area contributed by atoms with Gasteiger partial charge >= 0.3 is 0 Å². The van der Waals surface area contributed by atoms with Gasteiger partial charge in [0.05, 0.1) is 30.6 Å². The Morgan fingerprint density at radius 1 is 1.24 bits per heavy atom. The molecule has 1 unspecified atom stereocenters. The first kappa shape index (κ1) is 18.8. The summed E-state index contributed by atoms with van der Waals surface area (Å²) in [5, 5.41) is 19.9. The monoisotopic (exact) mass is 397 g/mol. The summed E-state index contributed by atoms with van der Waals surface area (Å²) >= 11 is 0. The fourth-order valence-electron chi connectivity index (χ4n) is 2.85. The molecule has 4 rings (SSSR count). The lowest BCUT2D eigenvalue weighted by molar-refractivity contribution is 0.232. The van der Waals surface area contributed by atoms with Gasteiger partial charge in [-0.1, -0.05) is 0 Å². The second kappa shape index (κ2) is 7.84. The van der Waals surface area contributed by atoms with Crippen molar-refractivity contribution in [2.45, 2.75) is 26.0 Å². The number of nitrogens with one attached hydrogen (secondary N) is 2. The Hall–Kier alpha value is -3.53. The van der Waals surface area contributed by atoms with Gasteiger partial charge in [0.25, 0.3) is 0 Å². The highest BCUT2D eigenvalue weighted by Gasteiger charge is 2.15. The van der Waals surface area contributed by atoms with E-state index in [0.29, 0.717) is 34.4 Å². The van der Waals surface area contributed by atoms with Crippen molar-refractivity contribution in [1.82, 2.24) is 29.7 Å². The van der Waals surface area contributed by atoms with Crippen molar-refractivity contribution < 1.29 is 14.2 Å². The Morgan fingerprint density at radius 3 is 2.83 bits per heavy atom. The van der Waals surface area contributed by atoms with E-state index < -0.39 is 11.9 Å². The molecule has 0 aliphatic heterocycles. The Bertz CT molecular complexity index is 1110. The van der Waals surface area contributed by atoms with E-state index in [1.807, 2.05) is 19.9 Å². The zero-order chi connectivity index (χ0) is 20.4. The molecule has 0 aliphatic carbocycles. The molecular weight excluding hydrogens is 377 g/mol. The molecule has 0 amide bonds. The van der Waals surface area contributed by atoms with Crippen molar-refractivity contribution in [2.24, 2.45) is 0 Å². The van der Waals surface area contributed by atoms with Gasteiger partial charge in [0.2, 0.25) is 5.88 Å². The number of fused-ring (bicyclic) bond motifs is 1. The lowest BCUT2D eigenvalue weighted by Crippen LogP contribution is -2.17. The molecule has 4 heterocycles. The molecule has 9 nitrogen and oxygen atoms in total.